The Hall–Kier alpha value is -2.85. The van der Waals surface area contributed by atoms with Crippen molar-refractivity contribution < 1.29 is 14.5 Å². The van der Waals surface area contributed by atoms with Crippen molar-refractivity contribution in [3.63, 3.8) is 0 Å². The number of hydrogen-bond donors (Lipinski definition) is 1. The molecule has 3 rings (SSSR count). The lowest BCUT2D eigenvalue weighted by molar-refractivity contribution is -0.394. The molecule has 1 aliphatic rings. The second kappa shape index (κ2) is 8.50. The van der Waals surface area contributed by atoms with E-state index in [-0.39, 0.29) is 12.5 Å². The molecule has 1 aromatic carbocycles. The molecule has 2 aromatic rings. The summed E-state index contributed by atoms with van der Waals surface area (Å²) in [5.74, 6) is -0.806. The van der Waals surface area contributed by atoms with Gasteiger partial charge in [-0.15, -0.1) is 0 Å². The molecular weight excluding hydrogens is 340 g/mol. The van der Waals surface area contributed by atoms with Crippen molar-refractivity contribution in [3.8, 4) is 0 Å². The molecule has 138 valence electrons. The van der Waals surface area contributed by atoms with Gasteiger partial charge in [0.25, 0.3) is 0 Å². The number of rotatable bonds is 7. The minimum absolute atomic E-state index is 0.119. The van der Waals surface area contributed by atoms with Crippen molar-refractivity contribution >= 4 is 11.9 Å². The third-order valence-corrected chi connectivity index (χ3v) is 4.09. The third-order valence-electron chi connectivity index (χ3n) is 4.09. The normalized spacial score (nSPS) is 14.9. The summed E-state index contributed by atoms with van der Waals surface area (Å²) in [7, 11) is 0. The maximum Gasteiger partial charge on any atom is 0.490 e. The van der Waals surface area contributed by atoms with E-state index >= 15 is 0 Å². The first-order valence-electron chi connectivity index (χ1n) is 8.29. The monoisotopic (exact) mass is 360 g/mol. The van der Waals surface area contributed by atoms with E-state index < -0.39 is 10.9 Å². The molecule has 0 spiro atoms. The highest BCUT2D eigenvalue weighted by molar-refractivity contribution is 5.75. The smallest absolute Gasteiger partial charge is 0.390 e. The van der Waals surface area contributed by atoms with Crippen LogP contribution >= 0.6 is 0 Å². The summed E-state index contributed by atoms with van der Waals surface area (Å²) in [4.78, 5) is 27.8. The molecule has 10 heteroatoms. The number of aromatic nitrogens is 3. The van der Waals surface area contributed by atoms with E-state index in [0.717, 1.165) is 48.7 Å². The van der Waals surface area contributed by atoms with Crippen LogP contribution in [0.1, 0.15) is 11.1 Å². The number of carbonyl (C=O) groups excluding carboxylic acids is 1. The number of ether oxygens (including phenoxy) is 1. The predicted octanol–water partition coefficient (Wildman–Crippen LogP) is 0.335. The van der Waals surface area contributed by atoms with E-state index in [4.69, 9.17) is 4.74 Å². The first kappa shape index (κ1) is 18.0. The van der Waals surface area contributed by atoms with Crippen molar-refractivity contribution in [1.82, 2.24) is 25.0 Å². The van der Waals surface area contributed by atoms with Gasteiger partial charge in [-0.05, 0) is 16.1 Å². The van der Waals surface area contributed by atoms with E-state index in [1.807, 2.05) is 18.2 Å². The lowest BCUT2D eigenvalue weighted by Crippen LogP contribution is -2.36. The number of nitrogens with one attached hydrogen (secondary N) is 1. The number of benzene rings is 1. The fourth-order valence-corrected chi connectivity index (χ4v) is 2.73. The Bertz CT molecular complexity index is 772. The molecule has 1 amide bonds. The van der Waals surface area contributed by atoms with Crippen LogP contribution in [0.3, 0.4) is 0 Å². The second-order valence-electron chi connectivity index (χ2n) is 5.93. The Labute approximate surface area is 149 Å². The average molecular weight is 360 g/mol. The molecule has 0 aliphatic carbocycles. The second-order valence-corrected chi connectivity index (χ2v) is 5.93. The summed E-state index contributed by atoms with van der Waals surface area (Å²) in [6, 6.07) is 7.95. The molecule has 1 aliphatic heterocycles. The number of morpholine rings is 1. The Balaban J connectivity index is 1.55. The van der Waals surface area contributed by atoms with Crippen molar-refractivity contribution in [2.24, 2.45) is 0 Å². The van der Waals surface area contributed by atoms with E-state index in [9.17, 15) is 14.9 Å². The summed E-state index contributed by atoms with van der Waals surface area (Å²) >= 11 is 0. The van der Waals surface area contributed by atoms with Crippen LogP contribution in [-0.4, -0.2) is 56.8 Å². The fourth-order valence-electron chi connectivity index (χ4n) is 2.73. The van der Waals surface area contributed by atoms with Crippen LogP contribution in [-0.2, 0) is 29.2 Å². The summed E-state index contributed by atoms with van der Waals surface area (Å²) in [6.45, 7) is 4.34. The van der Waals surface area contributed by atoms with Crippen molar-refractivity contribution in [1.29, 1.82) is 0 Å². The SMILES string of the molecule is O=C(Cn1cnc([N+](=O)[O-])n1)NCc1ccccc1CN1CCOCC1. The standard InChI is InChI=1S/C16H20N6O4/c23-15(11-21-12-18-16(19-21)22(24)25)17-9-13-3-1-2-4-14(13)10-20-5-7-26-8-6-20/h1-4,12H,5-11H2,(H,17,23). The Kier molecular flexibility index (Phi) is 5.87. The van der Waals surface area contributed by atoms with Crippen LogP contribution in [0, 0.1) is 10.1 Å². The van der Waals surface area contributed by atoms with Gasteiger partial charge in [0.1, 0.15) is 6.54 Å². The van der Waals surface area contributed by atoms with Crippen LogP contribution in [0.4, 0.5) is 5.95 Å². The van der Waals surface area contributed by atoms with Gasteiger partial charge in [-0.1, -0.05) is 29.2 Å². The highest BCUT2D eigenvalue weighted by atomic mass is 16.6. The molecule has 0 atom stereocenters. The number of hydrogen-bond acceptors (Lipinski definition) is 7. The molecule has 26 heavy (non-hydrogen) atoms. The molecule has 1 saturated heterocycles. The van der Waals surface area contributed by atoms with E-state index in [1.165, 1.54) is 6.33 Å². The van der Waals surface area contributed by atoms with E-state index in [0.29, 0.717) is 6.54 Å². The molecule has 0 unspecified atom stereocenters. The van der Waals surface area contributed by atoms with Crippen LogP contribution in [0.25, 0.3) is 0 Å². The van der Waals surface area contributed by atoms with Crippen molar-refractivity contribution in [3.05, 3.63) is 51.8 Å². The Morgan fingerprint density at radius 1 is 1.27 bits per heavy atom. The molecular formula is C16H20N6O4. The Morgan fingerprint density at radius 2 is 2.00 bits per heavy atom. The van der Waals surface area contributed by atoms with Gasteiger partial charge in [-0.2, -0.15) is 4.68 Å². The third kappa shape index (κ3) is 4.83. The first-order valence-corrected chi connectivity index (χ1v) is 8.29. The largest absolute Gasteiger partial charge is 0.490 e. The fraction of sp³-hybridized carbons (Fsp3) is 0.438. The summed E-state index contributed by atoms with van der Waals surface area (Å²) in [5.41, 5.74) is 2.20. The number of carbonyl (C=O) groups is 1. The molecule has 1 aromatic heterocycles. The molecule has 1 fully saturated rings. The number of nitro groups is 1. The molecule has 0 radical (unpaired) electrons. The Morgan fingerprint density at radius 3 is 2.69 bits per heavy atom. The maximum absolute atomic E-state index is 12.1. The van der Waals surface area contributed by atoms with E-state index in [2.05, 4.69) is 26.4 Å². The zero-order valence-electron chi connectivity index (χ0n) is 14.2. The van der Waals surface area contributed by atoms with Crippen LogP contribution in [0.15, 0.2) is 30.6 Å². The lowest BCUT2D eigenvalue weighted by atomic mass is 10.1. The molecule has 10 nitrogen and oxygen atoms in total. The molecule has 0 bridgehead atoms. The summed E-state index contributed by atoms with van der Waals surface area (Å²) in [6.07, 6.45) is 1.17. The van der Waals surface area contributed by atoms with Gasteiger partial charge in [-0.3, -0.25) is 9.69 Å². The van der Waals surface area contributed by atoms with E-state index in [1.54, 1.807) is 0 Å². The van der Waals surface area contributed by atoms with Gasteiger partial charge >= 0.3 is 5.95 Å². The van der Waals surface area contributed by atoms with Gasteiger partial charge in [0, 0.05) is 31.3 Å². The van der Waals surface area contributed by atoms with Crippen LogP contribution < -0.4 is 5.32 Å². The van der Waals surface area contributed by atoms with Crippen molar-refractivity contribution in [2.45, 2.75) is 19.6 Å². The van der Waals surface area contributed by atoms with Gasteiger partial charge in [0.15, 0.2) is 0 Å². The molecule has 2 heterocycles. The minimum Gasteiger partial charge on any atom is -0.390 e. The maximum atomic E-state index is 12.1. The number of amides is 1. The topological polar surface area (TPSA) is 115 Å². The lowest BCUT2D eigenvalue weighted by Gasteiger charge is -2.27. The van der Waals surface area contributed by atoms with Gasteiger partial charge in [0.05, 0.1) is 13.2 Å². The minimum atomic E-state index is -0.698. The zero-order valence-corrected chi connectivity index (χ0v) is 14.2. The summed E-state index contributed by atoms with van der Waals surface area (Å²) < 4.78 is 6.51. The molecule has 0 saturated carbocycles. The highest BCUT2D eigenvalue weighted by Gasteiger charge is 2.16. The van der Waals surface area contributed by atoms with Gasteiger partial charge in [0.2, 0.25) is 12.2 Å². The average Bonchev–Trinajstić information content (AvgIpc) is 3.11. The highest BCUT2D eigenvalue weighted by Crippen LogP contribution is 2.13. The van der Waals surface area contributed by atoms with Gasteiger partial charge < -0.3 is 20.2 Å². The summed E-state index contributed by atoms with van der Waals surface area (Å²) in [5, 5.41) is 17.0. The predicted molar refractivity (Wildman–Crippen MR) is 91.1 cm³/mol. The first-order chi connectivity index (χ1) is 12.6. The van der Waals surface area contributed by atoms with Crippen LogP contribution in [0.5, 0.6) is 0 Å². The quantitative estimate of drug-likeness (QED) is 0.559. The zero-order chi connectivity index (χ0) is 18.4. The van der Waals surface area contributed by atoms with Crippen LogP contribution in [0.2, 0.25) is 0 Å². The molecule has 1 N–H and O–H groups in total. The number of nitrogens with zero attached hydrogens (tertiary/aromatic N) is 5. The van der Waals surface area contributed by atoms with Gasteiger partial charge in [-0.25, -0.2) is 0 Å². The van der Waals surface area contributed by atoms with Crippen molar-refractivity contribution in [2.75, 3.05) is 26.3 Å².